The van der Waals surface area contributed by atoms with Gasteiger partial charge in [0.1, 0.15) is 0 Å². The second-order valence-corrected chi connectivity index (χ2v) is 6.21. The number of aromatic amines is 1. The van der Waals surface area contributed by atoms with E-state index < -0.39 is 0 Å². The van der Waals surface area contributed by atoms with E-state index in [9.17, 15) is 4.79 Å². The molecule has 2 amide bonds. The number of urea groups is 1. The zero-order valence-electron chi connectivity index (χ0n) is 13.6. The number of carbonyl (C=O) groups excluding carboxylic acids is 1. The minimum Gasteiger partial charge on any atom is -0.361 e. The first-order valence-corrected chi connectivity index (χ1v) is 8.12. The van der Waals surface area contributed by atoms with Gasteiger partial charge in [-0.05, 0) is 62.7 Å². The van der Waals surface area contributed by atoms with Gasteiger partial charge in [0.25, 0.3) is 0 Å². The summed E-state index contributed by atoms with van der Waals surface area (Å²) in [6.45, 7) is 6.33. The lowest BCUT2D eigenvalue weighted by molar-refractivity contribution is 0.253. The van der Waals surface area contributed by atoms with E-state index in [1.54, 1.807) is 6.08 Å². The number of nitrogens with zero attached hydrogens (tertiary/aromatic N) is 1. The van der Waals surface area contributed by atoms with E-state index in [0.29, 0.717) is 12.5 Å². The summed E-state index contributed by atoms with van der Waals surface area (Å²) in [6.07, 6.45) is 6.15. The molecule has 5 heteroatoms. The Morgan fingerprint density at radius 2 is 2.22 bits per heavy atom. The zero-order valence-corrected chi connectivity index (χ0v) is 13.6. The van der Waals surface area contributed by atoms with E-state index in [1.165, 1.54) is 23.8 Å². The first-order chi connectivity index (χ1) is 11.2. The highest BCUT2D eigenvalue weighted by atomic mass is 16.2. The largest absolute Gasteiger partial charge is 0.361 e. The van der Waals surface area contributed by atoms with Crippen molar-refractivity contribution in [2.45, 2.75) is 18.8 Å². The molecular formula is C18H24N4O. The number of fused-ring (bicyclic) bond motifs is 1. The molecule has 1 fully saturated rings. The Morgan fingerprint density at radius 1 is 1.43 bits per heavy atom. The molecule has 2 heterocycles. The third kappa shape index (κ3) is 3.56. The minimum atomic E-state index is -0.208. The van der Waals surface area contributed by atoms with Crippen LogP contribution in [0.4, 0.5) is 10.5 Å². The molecule has 3 N–H and O–H groups in total. The van der Waals surface area contributed by atoms with Gasteiger partial charge in [0.15, 0.2) is 0 Å². The Balaban J connectivity index is 1.79. The average Bonchev–Trinajstić information content (AvgIpc) is 2.97. The van der Waals surface area contributed by atoms with Crippen LogP contribution in [-0.2, 0) is 0 Å². The highest BCUT2D eigenvalue weighted by Gasteiger charge is 2.21. The number of hydrogen-bond donors (Lipinski definition) is 3. The number of piperidine rings is 1. The maximum Gasteiger partial charge on any atom is 0.319 e. The lowest BCUT2D eigenvalue weighted by Gasteiger charge is -2.28. The predicted octanol–water partition coefficient (Wildman–Crippen LogP) is 3.28. The van der Waals surface area contributed by atoms with Crippen LogP contribution in [0.15, 0.2) is 37.1 Å². The van der Waals surface area contributed by atoms with E-state index in [-0.39, 0.29) is 6.03 Å². The lowest BCUT2D eigenvalue weighted by atomic mass is 9.89. The highest BCUT2D eigenvalue weighted by molar-refractivity contribution is 5.94. The molecule has 1 aromatic carbocycles. The fourth-order valence-electron chi connectivity index (χ4n) is 3.22. The van der Waals surface area contributed by atoms with Gasteiger partial charge in [0.2, 0.25) is 0 Å². The van der Waals surface area contributed by atoms with Crippen LogP contribution < -0.4 is 10.6 Å². The van der Waals surface area contributed by atoms with Crippen molar-refractivity contribution in [3.63, 3.8) is 0 Å². The molecule has 5 nitrogen and oxygen atoms in total. The van der Waals surface area contributed by atoms with Crippen LogP contribution in [0.25, 0.3) is 10.9 Å². The number of carbonyl (C=O) groups is 1. The number of amides is 2. The first-order valence-electron chi connectivity index (χ1n) is 8.12. The minimum absolute atomic E-state index is 0.208. The van der Waals surface area contributed by atoms with Gasteiger partial charge in [0, 0.05) is 29.3 Å². The summed E-state index contributed by atoms with van der Waals surface area (Å²) in [5.74, 6) is 0.588. The smallest absolute Gasteiger partial charge is 0.319 e. The molecule has 2 aromatic rings. The van der Waals surface area contributed by atoms with Crippen molar-refractivity contribution >= 4 is 22.6 Å². The molecule has 0 spiro atoms. The number of benzene rings is 1. The molecule has 0 saturated carbocycles. The monoisotopic (exact) mass is 312 g/mol. The number of rotatable bonds is 4. The molecule has 1 saturated heterocycles. The lowest BCUT2D eigenvalue weighted by Crippen LogP contribution is -2.29. The summed E-state index contributed by atoms with van der Waals surface area (Å²) >= 11 is 0. The fourth-order valence-corrected chi connectivity index (χ4v) is 3.22. The summed E-state index contributed by atoms with van der Waals surface area (Å²) in [5, 5.41) is 6.81. The molecule has 0 unspecified atom stereocenters. The van der Waals surface area contributed by atoms with E-state index in [0.717, 1.165) is 24.3 Å². The van der Waals surface area contributed by atoms with Gasteiger partial charge in [-0.15, -0.1) is 6.58 Å². The van der Waals surface area contributed by atoms with Crippen LogP contribution in [0.5, 0.6) is 0 Å². The molecule has 23 heavy (non-hydrogen) atoms. The summed E-state index contributed by atoms with van der Waals surface area (Å²) in [5.41, 5.74) is 3.30. The third-order valence-electron chi connectivity index (χ3n) is 4.54. The number of likely N-dealkylation sites (tertiary alicyclic amines) is 1. The summed E-state index contributed by atoms with van der Waals surface area (Å²) in [6, 6.07) is 5.80. The van der Waals surface area contributed by atoms with Gasteiger partial charge >= 0.3 is 6.03 Å². The molecule has 0 bridgehead atoms. The predicted molar refractivity (Wildman–Crippen MR) is 95.0 cm³/mol. The van der Waals surface area contributed by atoms with Crippen molar-refractivity contribution in [1.82, 2.24) is 15.2 Å². The Bertz CT molecular complexity index is 698. The fraction of sp³-hybridized carbons (Fsp3) is 0.389. The van der Waals surface area contributed by atoms with E-state index in [4.69, 9.17) is 0 Å². The maximum atomic E-state index is 11.8. The van der Waals surface area contributed by atoms with Gasteiger partial charge in [-0.3, -0.25) is 0 Å². The molecule has 1 aliphatic heterocycles. The number of aromatic nitrogens is 1. The number of hydrogen-bond acceptors (Lipinski definition) is 2. The van der Waals surface area contributed by atoms with Crippen molar-refractivity contribution in [2.24, 2.45) is 0 Å². The van der Waals surface area contributed by atoms with Gasteiger partial charge in [-0.25, -0.2) is 4.79 Å². The van der Waals surface area contributed by atoms with Crippen LogP contribution >= 0.6 is 0 Å². The average molecular weight is 312 g/mol. The summed E-state index contributed by atoms with van der Waals surface area (Å²) < 4.78 is 0. The first kappa shape index (κ1) is 15.6. The number of nitrogens with one attached hydrogen (secondary N) is 3. The van der Waals surface area contributed by atoms with Gasteiger partial charge in [-0.2, -0.15) is 0 Å². The van der Waals surface area contributed by atoms with Crippen molar-refractivity contribution in [3.05, 3.63) is 42.6 Å². The zero-order chi connectivity index (χ0) is 16.2. The van der Waals surface area contributed by atoms with Gasteiger partial charge < -0.3 is 20.5 Å². The van der Waals surface area contributed by atoms with Crippen molar-refractivity contribution in [1.29, 1.82) is 0 Å². The van der Waals surface area contributed by atoms with Crippen LogP contribution in [-0.4, -0.2) is 42.6 Å². The van der Waals surface area contributed by atoms with Crippen LogP contribution in [0, 0.1) is 0 Å². The van der Waals surface area contributed by atoms with Crippen LogP contribution in [0.3, 0.4) is 0 Å². The van der Waals surface area contributed by atoms with Gasteiger partial charge in [-0.1, -0.05) is 6.08 Å². The van der Waals surface area contributed by atoms with E-state index in [2.05, 4.69) is 46.4 Å². The van der Waals surface area contributed by atoms with Crippen LogP contribution in [0.2, 0.25) is 0 Å². The summed E-state index contributed by atoms with van der Waals surface area (Å²) in [7, 11) is 2.18. The Morgan fingerprint density at radius 3 is 2.96 bits per heavy atom. The molecule has 0 radical (unpaired) electrons. The molecule has 1 aromatic heterocycles. The Hall–Kier alpha value is -2.27. The second-order valence-electron chi connectivity index (χ2n) is 6.21. The van der Waals surface area contributed by atoms with Crippen molar-refractivity contribution < 1.29 is 4.79 Å². The Kier molecular flexibility index (Phi) is 4.67. The highest BCUT2D eigenvalue weighted by Crippen LogP contribution is 2.33. The number of anilines is 1. The van der Waals surface area contributed by atoms with E-state index in [1.807, 2.05) is 12.1 Å². The molecular weight excluding hydrogens is 288 g/mol. The normalized spacial score (nSPS) is 16.4. The Labute approximate surface area is 136 Å². The molecule has 122 valence electrons. The summed E-state index contributed by atoms with van der Waals surface area (Å²) in [4.78, 5) is 17.5. The molecule has 0 atom stereocenters. The van der Waals surface area contributed by atoms with E-state index >= 15 is 0 Å². The second kappa shape index (κ2) is 6.87. The van der Waals surface area contributed by atoms with Crippen molar-refractivity contribution in [2.75, 3.05) is 32.0 Å². The van der Waals surface area contributed by atoms with Gasteiger partial charge in [0.05, 0.1) is 0 Å². The maximum absolute atomic E-state index is 11.8. The quantitative estimate of drug-likeness (QED) is 0.759. The standard InChI is InChI=1S/C18H24N4O/c1-3-8-19-18(23)21-14-4-5-17-15(11-14)16(12-20-17)13-6-9-22(2)10-7-13/h3-5,11-13,20H,1,6-10H2,2H3,(H2,19,21,23). The van der Waals surface area contributed by atoms with Crippen LogP contribution in [0.1, 0.15) is 24.3 Å². The third-order valence-corrected chi connectivity index (χ3v) is 4.54. The SMILES string of the molecule is C=CCNC(=O)Nc1ccc2[nH]cc(C3CCN(C)CC3)c2c1. The topological polar surface area (TPSA) is 60.2 Å². The molecule has 0 aliphatic carbocycles. The van der Waals surface area contributed by atoms with Crippen molar-refractivity contribution in [3.8, 4) is 0 Å². The molecule has 1 aliphatic rings. The number of H-pyrrole nitrogens is 1. The molecule has 3 rings (SSSR count).